The molecular weight excluding hydrogens is 468 g/mol. The molecule has 1 N–H and O–H groups in total. The van der Waals surface area contributed by atoms with E-state index in [0.29, 0.717) is 28.1 Å². The second-order valence-corrected chi connectivity index (χ2v) is 10.1. The van der Waals surface area contributed by atoms with Crippen molar-refractivity contribution in [3.8, 4) is 0 Å². The number of nitrogens with zero attached hydrogens (tertiary/aromatic N) is 3. The molecule has 10 heteroatoms. The first-order valence-electron chi connectivity index (χ1n) is 10.7. The van der Waals surface area contributed by atoms with Gasteiger partial charge in [0.25, 0.3) is 11.6 Å². The summed E-state index contributed by atoms with van der Waals surface area (Å²) in [5.41, 5.74) is 6.98. The number of hydrogen-bond acceptors (Lipinski definition) is 6. The van der Waals surface area contributed by atoms with E-state index in [-0.39, 0.29) is 12.2 Å². The Morgan fingerprint density at radius 1 is 1.00 bits per heavy atom. The lowest BCUT2D eigenvalue weighted by molar-refractivity contribution is -0.384. The average Bonchev–Trinajstić information content (AvgIpc) is 2.82. The lowest BCUT2D eigenvalue weighted by atomic mass is 10.1. The molecule has 0 fully saturated rings. The number of benzene rings is 3. The van der Waals surface area contributed by atoms with Gasteiger partial charge in [0, 0.05) is 23.3 Å². The highest BCUT2D eigenvalue weighted by Crippen LogP contribution is 2.23. The van der Waals surface area contributed by atoms with Gasteiger partial charge in [0.15, 0.2) is 0 Å². The number of rotatable bonds is 8. The number of carbonyl (C=O) groups excluding carboxylic acids is 1. The molecule has 182 valence electrons. The van der Waals surface area contributed by atoms with Crippen molar-refractivity contribution < 1.29 is 18.1 Å². The first kappa shape index (κ1) is 25.6. The van der Waals surface area contributed by atoms with Crippen LogP contribution in [-0.2, 0) is 16.6 Å². The molecule has 0 unspecified atom stereocenters. The highest BCUT2D eigenvalue weighted by atomic mass is 32.2. The number of nitrogens with one attached hydrogen (secondary N) is 1. The minimum absolute atomic E-state index is 0.0668. The molecule has 0 spiro atoms. The Bertz CT molecular complexity index is 1400. The molecule has 35 heavy (non-hydrogen) atoms. The van der Waals surface area contributed by atoms with E-state index in [9.17, 15) is 23.3 Å². The fraction of sp³-hybridized carbons (Fsp3) is 0.200. The standard InChI is InChI=1S/C25H26N4O5S/c1-17-8-13-23(14-18(17)2)28(35(4,33)34)16-20-9-11-21(12-10-20)25(30)27-26-19(3)22-6-5-7-24(15-22)29(31)32/h5-15H,16H2,1-4H3,(H,27,30)/b26-19+. The summed E-state index contributed by atoms with van der Waals surface area (Å²) < 4.78 is 26.2. The van der Waals surface area contributed by atoms with Gasteiger partial charge in [0.1, 0.15) is 0 Å². The molecule has 0 aliphatic heterocycles. The molecule has 0 saturated heterocycles. The SMILES string of the molecule is C/C(=N\NC(=O)c1ccc(CN(c2ccc(C)c(C)c2)S(C)(=O)=O)cc1)c1cccc([N+](=O)[O-])c1. The van der Waals surface area contributed by atoms with Crippen LogP contribution in [0.3, 0.4) is 0 Å². The van der Waals surface area contributed by atoms with Gasteiger partial charge in [-0.25, -0.2) is 13.8 Å². The summed E-state index contributed by atoms with van der Waals surface area (Å²) in [4.78, 5) is 23.0. The van der Waals surface area contributed by atoms with Crippen molar-refractivity contribution in [2.45, 2.75) is 27.3 Å². The van der Waals surface area contributed by atoms with E-state index in [0.717, 1.165) is 17.4 Å². The molecule has 0 aromatic heterocycles. The van der Waals surface area contributed by atoms with Gasteiger partial charge in [0.2, 0.25) is 10.0 Å². The van der Waals surface area contributed by atoms with Crippen LogP contribution in [-0.4, -0.2) is 31.2 Å². The van der Waals surface area contributed by atoms with Gasteiger partial charge in [-0.1, -0.05) is 30.3 Å². The van der Waals surface area contributed by atoms with Crippen molar-refractivity contribution in [2.24, 2.45) is 5.10 Å². The summed E-state index contributed by atoms with van der Waals surface area (Å²) >= 11 is 0. The number of aryl methyl sites for hydroxylation is 2. The van der Waals surface area contributed by atoms with E-state index in [2.05, 4.69) is 10.5 Å². The number of hydrogen-bond donors (Lipinski definition) is 1. The van der Waals surface area contributed by atoms with Crippen LogP contribution in [0.15, 0.2) is 71.8 Å². The van der Waals surface area contributed by atoms with E-state index in [1.54, 1.807) is 49.4 Å². The summed E-state index contributed by atoms with van der Waals surface area (Å²) in [5.74, 6) is -0.463. The molecular formula is C25H26N4O5S. The van der Waals surface area contributed by atoms with Crippen molar-refractivity contribution in [1.29, 1.82) is 0 Å². The molecule has 0 heterocycles. The first-order valence-corrected chi connectivity index (χ1v) is 12.5. The Morgan fingerprint density at radius 3 is 2.29 bits per heavy atom. The van der Waals surface area contributed by atoms with Crippen molar-refractivity contribution in [3.05, 3.63) is 105 Å². The van der Waals surface area contributed by atoms with Crippen LogP contribution >= 0.6 is 0 Å². The molecule has 0 saturated carbocycles. The Morgan fingerprint density at radius 2 is 1.69 bits per heavy atom. The van der Waals surface area contributed by atoms with E-state index in [1.807, 2.05) is 26.0 Å². The number of nitro groups is 1. The van der Waals surface area contributed by atoms with E-state index in [1.165, 1.54) is 16.4 Å². The van der Waals surface area contributed by atoms with Gasteiger partial charge in [-0.2, -0.15) is 5.10 Å². The fourth-order valence-electron chi connectivity index (χ4n) is 3.32. The molecule has 0 aliphatic carbocycles. The fourth-order valence-corrected chi connectivity index (χ4v) is 4.20. The van der Waals surface area contributed by atoms with E-state index in [4.69, 9.17) is 0 Å². The van der Waals surface area contributed by atoms with Crippen LogP contribution in [0, 0.1) is 24.0 Å². The normalized spacial score (nSPS) is 11.7. The lowest BCUT2D eigenvalue weighted by Crippen LogP contribution is -2.29. The predicted molar refractivity (Wildman–Crippen MR) is 136 cm³/mol. The third-order valence-corrected chi connectivity index (χ3v) is 6.66. The zero-order valence-corrected chi connectivity index (χ0v) is 20.7. The number of amides is 1. The van der Waals surface area contributed by atoms with Crippen LogP contribution in [0.1, 0.15) is 39.5 Å². The molecule has 9 nitrogen and oxygen atoms in total. The van der Waals surface area contributed by atoms with Gasteiger partial charge in [0.05, 0.1) is 29.1 Å². The van der Waals surface area contributed by atoms with Crippen molar-refractivity contribution in [3.63, 3.8) is 0 Å². The maximum atomic E-state index is 12.5. The van der Waals surface area contributed by atoms with Gasteiger partial charge in [-0.3, -0.25) is 19.2 Å². The van der Waals surface area contributed by atoms with Crippen LogP contribution in [0.4, 0.5) is 11.4 Å². The van der Waals surface area contributed by atoms with Crippen LogP contribution in [0.25, 0.3) is 0 Å². The summed E-state index contributed by atoms with van der Waals surface area (Å²) in [6.07, 6.45) is 1.16. The summed E-state index contributed by atoms with van der Waals surface area (Å²) in [7, 11) is -3.53. The Balaban J connectivity index is 1.73. The van der Waals surface area contributed by atoms with Crippen molar-refractivity contribution in [1.82, 2.24) is 5.43 Å². The molecule has 0 aliphatic rings. The summed E-state index contributed by atoms with van der Waals surface area (Å²) in [6, 6.07) is 18.0. The third-order valence-electron chi connectivity index (χ3n) is 5.52. The summed E-state index contributed by atoms with van der Waals surface area (Å²) in [6.45, 7) is 5.64. The molecule has 0 radical (unpaired) electrons. The number of hydrazone groups is 1. The zero-order chi connectivity index (χ0) is 25.8. The van der Waals surface area contributed by atoms with Crippen LogP contribution in [0.5, 0.6) is 0 Å². The van der Waals surface area contributed by atoms with Crippen molar-refractivity contribution >= 4 is 33.0 Å². The highest BCUT2D eigenvalue weighted by molar-refractivity contribution is 7.92. The number of nitro benzene ring substituents is 1. The Labute approximate surface area is 204 Å². The van der Waals surface area contributed by atoms with Crippen LogP contribution < -0.4 is 9.73 Å². The predicted octanol–water partition coefficient (Wildman–Crippen LogP) is 4.33. The smallest absolute Gasteiger partial charge is 0.267 e. The Kier molecular flexibility index (Phi) is 7.65. The van der Waals surface area contributed by atoms with Gasteiger partial charge < -0.3 is 0 Å². The second kappa shape index (κ2) is 10.5. The van der Waals surface area contributed by atoms with Gasteiger partial charge in [-0.05, 0) is 61.7 Å². The molecule has 3 aromatic rings. The number of sulfonamides is 1. The Hall–Kier alpha value is -4.05. The first-order chi connectivity index (χ1) is 16.5. The molecule has 0 bridgehead atoms. The average molecular weight is 495 g/mol. The van der Waals surface area contributed by atoms with Crippen molar-refractivity contribution in [2.75, 3.05) is 10.6 Å². The molecule has 3 rings (SSSR count). The van der Waals surface area contributed by atoms with E-state index >= 15 is 0 Å². The maximum absolute atomic E-state index is 12.5. The lowest BCUT2D eigenvalue weighted by Gasteiger charge is -2.23. The minimum atomic E-state index is -3.53. The second-order valence-electron chi connectivity index (χ2n) is 8.18. The largest absolute Gasteiger partial charge is 0.271 e. The van der Waals surface area contributed by atoms with Crippen LogP contribution in [0.2, 0.25) is 0 Å². The minimum Gasteiger partial charge on any atom is -0.267 e. The molecule has 3 aromatic carbocycles. The quantitative estimate of drug-likeness (QED) is 0.284. The zero-order valence-electron chi connectivity index (χ0n) is 19.8. The monoisotopic (exact) mass is 494 g/mol. The number of carbonyl (C=O) groups is 1. The third kappa shape index (κ3) is 6.51. The topological polar surface area (TPSA) is 122 Å². The molecule has 0 atom stereocenters. The molecule has 1 amide bonds. The highest BCUT2D eigenvalue weighted by Gasteiger charge is 2.19. The van der Waals surface area contributed by atoms with Gasteiger partial charge >= 0.3 is 0 Å². The van der Waals surface area contributed by atoms with E-state index < -0.39 is 20.9 Å². The van der Waals surface area contributed by atoms with Gasteiger partial charge in [-0.15, -0.1) is 0 Å². The number of non-ortho nitro benzene ring substituents is 1. The maximum Gasteiger partial charge on any atom is 0.271 e. The number of anilines is 1. The summed E-state index contributed by atoms with van der Waals surface area (Å²) in [5, 5.41) is 15.0.